The Morgan fingerprint density at radius 2 is 1.28 bits per heavy atom. The maximum absolute atomic E-state index is 9.49. The number of nitrogens with zero attached hydrogens (tertiary/aromatic N) is 6. The molecule has 0 aliphatic rings. The standard InChI is InChI=1S/C39H22N6O/c40-23-24-8-6-11-26(20-24)37-42-36(25-9-2-1-3-10-25)43-38(44-37)27-15-18-34-32(21-27)30-17-16-28(22-35(30)46-34)45-33-14-5-4-12-29(33)31-13-7-19-41-39(31)45/h1-22H. The minimum absolute atomic E-state index is 0.502. The Bertz CT molecular complexity index is 2610. The first kappa shape index (κ1) is 25.8. The van der Waals surface area contributed by atoms with Crippen LogP contribution in [0.25, 0.3) is 83.7 Å². The molecule has 0 amide bonds. The van der Waals surface area contributed by atoms with Gasteiger partial charge in [0, 0.05) is 50.5 Å². The summed E-state index contributed by atoms with van der Waals surface area (Å²) in [6.45, 7) is 0. The van der Waals surface area contributed by atoms with Crippen molar-refractivity contribution in [2.45, 2.75) is 0 Å². The number of nitriles is 1. The molecule has 0 aliphatic heterocycles. The van der Waals surface area contributed by atoms with Gasteiger partial charge >= 0.3 is 0 Å². The molecule has 214 valence electrons. The minimum atomic E-state index is 0.502. The van der Waals surface area contributed by atoms with Crippen molar-refractivity contribution in [3.8, 4) is 45.9 Å². The van der Waals surface area contributed by atoms with Gasteiger partial charge in [-0.15, -0.1) is 0 Å². The number of rotatable bonds is 4. The Hall–Kier alpha value is -6.65. The summed E-state index contributed by atoms with van der Waals surface area (Å²) in [4.78, 5) is 19.3. The Labute approximate surface area is 262 Å². The Kier molecular flexibility index (Phi) is 5.74. The second-order valence-corrected chi connectivity index (χ2v) is 11.1. The summed E-state index contributed by atoms with van der Waals surface area (Å²) >= 11 is 0. The summed E-state index contributed by atoms with van der Waals surface area (Å²) in [6.07, 6.45) is 1.83. The molecule has 7 nitrogen and oxygen atoms in total. The number of aromatic nitrogens is 5. The zero-order valence-corrected chi connectivity index (χ0v) is 24.3. The predicted molar refractivity (Wildman–Crippen MR) is 180 cm³/mol. The van der Waals surface area contributed by atoms with Crippen molar-refractivity contribution in [2.75, 3.05) is 0 Å². The zero-order chi connectivity index (χ0) is 30.6. The van der Waals surface area contributed by atoms with Crippen molar-refractivity contribution in [3.05, 3.63) is 139 Å². The van der Waals surface area contributed by atoms with Gasteiger partial charge in [-0.2, -0.15) is 5.26 Å². The maximum atomic E-state index is 9.49. The van der Waals surface area contributed by atoms with Gasteiger partial charge in [0.2, 0.25) is 0 Å². The number of benzene rings is 5. The van der Waals surface area contributed by atoms with Crippen LogP contribution in [0.2, 0.25) is 0 Å². The average molecular weight is 591 g/mol. The molecule has 9 aromatic rings. The number of pyridine rings is 1. The molecular formula is C39H22N6O. The predicted octanol–water partition coefficient (Wildman–Crippen LogP) is 9.14. The lowest BCUT2D eigenvalue weighted by molar-refractivity contribution is 0.668. The van der Waals surface area contributed by atoms with E-state index in [1.165, 1.54) is 0 Å². The molecule has 0 N–H and O–H groups in total. The third kappa shape index (κ3) is 4.13. The second kappa shape index (κ2) is 10.2. The number of furan rings is 1. The van der Waals surface area contributed by atoms with Crippen molar-refractivity contribution < 1.29 is 4.42 Å². The summed E-state index contributed by atoms with van der Waals surface area (Å²) in [5.74, 6) is 1.60. The van der Waals surface area contributed by atoms with Crippen molar-refractivity contribution in [3.63, 3.8) is 0 Å². The van der Waals surface area contributed by atoms with Crippen LogP contribution >= 0.6 is 0 Å². The number of para-hydroxylation sites is 1. The molecule has 7 heteroatoms. The highest BCUT2D eigenvalue weighted by Crippen LogP contribution is 2.36. The van der Waals surface area contributed by atoms with E-state index in [4.69, 9.17) is 24.4 Å². The molecule has 46 heavy (non-hydrogen) atoms. The molecule has 0 spiro atoms. The summed E-state index contributed by atoms with van der Waals surface area (Å²) in [7, 11) is 0. The average Bonchev–Trinajstić information content (AvgIpc) is 3.66. The quantitative estimate of drug-likeness (QED) is 0.203. The molecule has 9 rings (SSSR count). The van der Waals surface area contributed by atoms with Crippen LogP contribution in [-0.4, -0.2) is 24.5 Å². The monoisotopic (exact) mass is 590 g/mol. The first-order valence-corrected chi connectivity index (χ1v) is 14.9. The van der Waals surface area contributed by atoms with E-state index in [0.717, 1.165) is 66.3 Å². The fraction of sp³-hybridized carbons (Fsp3) is 0. The smallest absolute Gasteiger partial charge is 0.164 e. The summed E-state index contributed by atoms with van der Waals surface area (Å²) in [5, 5.41) is 13.7. The molecule has 4 heterocycles. The lowest BCUT2D eigenvalue weighted by Gasteiger charge is -2.08. The molecule has 5 aromatic carbocycles. The summed E-state index contributed by atoms with van der Waals surface area (Å²) in [6, 6.07) is 44.1. The Morgan fingerprint density at radius 3 is 2.13 bits per heavy atom. The molecule has 0 saturated carbocycles. The topological polar surface area (TPSA) is 93.4 Å². The zero-order valence-electron chi connectivity index (χ0n) is 24.3. The van der Waals surface area contributed by atoms with Gasteiger partial charge in [0.15, 0.2) is 17.5 Å². The van der Waals surface area contributed by atoms with Gasteiger partial charge in [-0.25, -0.2) is 19.9 Å². The molecule has 0 fully saturated rings. The molecule has 0 radical (unpaired) electrons. The third-order valence-electron chi connectivity index (χ3n) is 8.32. The molecule has 0 atom stereocenters. The van der Waals surface area contributed by atoms with E-state index in [1.807, 2.05) is 66.9 Å². The molecule has 0 bridgehead atoms. The van der Waals surface area contributed by atoms with Crippen LogP contribution in [0, 0.1) is 11.3 Å². The number of hydrogen-bond donors (Lipinski definition) is 0. The highest BCUT2D eigenvalue weighted by molar-refractivity contribution is 6.09. The van der Waals surface area contributed by atoms with Crippen LogP contribution in [0.15, 0.2) is 138 Å². The molecule has 0 saturated heterocycles. The largest absolute Gasteiger partial charge is 0.456 e. The van der Waals surface area contributed by atoms with E-state index in [0.29, 0.717) is 23.0 Å². The van der Waals surface area contributed by atoms with E-state index in [1.54, 1.807) is 12.1 Å². The van der Waals surface area contributed by atoms with E-state index in [-0.39, 0.29) is 0 Å². The van der Waals surface area contributed by atoms with Crippen molar-refractivity contribution >= 4 is 43.9 Å². The number of hydrogen-bond acceptors (Lipinski definition) is 6. The van der Waals surface area contributed by atoms with Crippen molar-refractivity contribution in [1.29, 1.82) is 5.26 Å². The SMILES string of the molecule is N#Cc1cccc(-c2nc(-c3ccccc3)nc(-c3ccc4oc5cc(-n6c7ccccc7c7cccnc76)ccc5c4c3)n2)c1. The lowest BCUT2D eigenvalue weighted by atomic mass is 10.1. The van der Waals surface area contributed by atoms with E-state index in [9.17, 15) is 5.26 Å². The first-order valence-electron chi connectivity index (χ1n) is 14.9. The van der Waals surface area contributed by atoms with Crippen LogP contribution in [0.5, 0.6) is 0 Å². The van der Waals surface area contributed by atoms with Gasteiger partial charge in [-0.05, 0) is 60.7 Å². The van der Waals surface area contributed by atoms with Gasteiger partial charge in [0.1, 0.15) is 16.8 Å². The molecule has 0 unspecified atom stereocenters. The lowest BCUT2D eigenvalue weighted by Crippen LogP contribution is -2.00. The highest BCUT2D eigenvalue weighted by atomic mass is 16.3. The van der Waals surface area contributed by atoms with Crippen LogP contribution in [0.4, 0.5) is 0 Å². The Balaban J connectivity index is 1.20. The van der Waals surface area contributed by atoms with E-state index >= 15 is 0 Å². The van der Waals surface area contributed by atoms with E-state index < -0.39 is 0 Å². The molecule has 0 aliphatic carbocycles. The fourth-order valence-corrected chi connectivity index (χ4v) is 6.18. The van der Waals surface area contributed by atoms with Gasteiger partial charge < -0.3 is 4.42 Å². The van der Waals surface area contributed by atoms with Gasteiger partial charge in [-0.3, -0.25) is 4.57 Å². The summed E-state index contributed by atoms with van der Waals surface area (Å²) < 4.78 is 8.58. The second-order valence-electron chi connectivity index (χ2n) is 11.1. The first-order chi connectivity index (χ1) is 22.7. The van der Waals surface area contributed by atoms with Gasteiger partial charge in [0.25, 0.3) is 0 Å². The normalized spacial score (nSPS) is 11.5. The van der Waals surface area contributed by atoms with Gasteiger partial charge in [0.05, 0.1) is 22.8 Å². The van der Waals surface area contributed by atoms with Gasteiger partial charge in [-0.1, -0.05) is 60.7 Å². The minimum Gasteiger partial charge on any atom is -0.456 e. The van der Waals surface area contributed by atoms with Crippen LogP contribution in [0.1, 0.15) is 5.56 Å². The highest BCUT2D eigenvalue weighted by Gasteiger charge is 2.17. The number of fused-ring (bicyclic) bond motifs is 6. The van der Waals surface area contributed by atoms with Crippen molar-refractivity contribution in [1.82, 2.24) is 24.5 Å². The fourth-order valence-electron chi connectivity index (χ4n) is 6.18. The van der Waals surface area contributed by atoms with Crippen molar-refractivity contribution in [2.24, 2.45) is 0 Å². The molecule has 4 aromatic heterocycles. The van der Waals surface area contributed by atoms with Crippen LogP contribution in [0.3, 0.4) is 0 Å². The van der Waals surface area contributed by atoms with E-state index in [2.05, 4.69) is 65.2 Å². The van der Waals surface area contributed by atoms with Crippen LogP contribution < -0.4 is 0 Å². The third-order valence-corrected chi connectivity index (χ3v) is 8.32. The Morgan fingerprint density at radius 1 is 0.543 bits per heavy atom. The summed E-state index contributed by atoms with van der Waals surface area (Å²) in [5.41, 5.74) is 7.54. The maximum Gasteiger partial charge on any atom is 0.164 e. The van der Waals surface area contributed by atoms with Crippen LogP contribution in [-0.2, 0) is 0 Å². The molecular weight excluding hydrogens is 568 g/mol.